The van der Waals surface area contributed by atoms with Crippen molar-refractivity contribution in [3.8, 4) is 0 Å². The van der Waals surface area contributed by atoms with Gasteiger partial charge in [-0.3, -0.25) is 9.59 Å². The van der Waals surface area contributed by atoms with E-state index in [0.717, 1.165) is 19.3 Å². The Morgan fingerprint density at radius 3 is 2.75 bits per heavy atom. The second-order valence-electron chi connectivity index (χ2n) is 4.91. The number of hydrogen-bond donors (Lipinski definition) is 2. The van der Waals surface area contributed by atoms with Gasteiger partial charge in [-0.1, -0.05) is 6.92 Å². The molecular formula is C13H17N3O4. The summed E-state index contributed by atoms with van der Waals surface area (Å²) in [5.74, 6) is -1.60. The number of aryl methyl sites for hydroxylation is 1. The van der Waals surface area contributed by atoms with Crippen LogP contribution in [0.3, 0.4) is 0 Å². The van der Waals surface area contributed by atoms with E-state index in [-0.39, 0.29) is 17.2 Å². The van der Waals surface area contributed by atoms with Crippen LogP contribution in [0.15, 0.2) is 16.9 Å². The Balaban J connectivity index is 2.14. The number of carboxylic acids is 1. The van der Waals surface area contributed by atoms with Gasteiger partial charge in [0, 0.05) is 12.6 Å². The van der Waals surface area contributed by atoms with Gasteiger partial charge < -0.3 is 10.4 Å². The Kier molecular flexibility index (Phi) is 4.16. The van der Waals surface area contributed by atoms with Crippen LogP contribution in [-0.2, 0) is 11.3 Å². The second-order valence-corrected chi connectivity index (χ2v) is 4.91. The monoisotopic (exact) mass is 279 g/mol. The molecule has 1 atom stereocenters. The molecule has 1 aromatic rings. The van der Waals surface area contributed by atoms with Gasteiger partial charge in [0.15, 0.2) is 0 Å². The van der Waals surface area contributed by atoms with E-state index in [4.69, 9.17) is 5.11 Å². The average Bonchev–Trinajstić information content (AvgIpc) is 3.22. The Bertz CT molecular complexity index is 577. The SMILES string of the molecule is CCCn1nc(C(=O)NC(C(=O)O)C2CC2)ccc1=O. The molecule has 0 aliphatic heterocycles. The number of carbonyl (C=O) groups excluding carboxylic acids is 1. The van der Waals surface area contributed by atoms with Crippen LogP contribution in [0.5, 0.6) is 0 Å². The highest BCUT2D eigenvalue weighted by Crippen LogP contribution is 2.32. The van der Waals surface area contributed by atoms with Crippen molar-refractivity contribution in [1.82, 2.24) is 15.1 Å². The zero-order valence-electron chi connectivity index (χ0n) is 11.2. The first-order valence-electron chi connectivity index (χ1n) is 6.64. The van der Waals surface area contributed by atoms with Crippen LogP contribution in [0.1, 0.15) is 36.7 Å². The Hall–Kier alpha value is -2.18. The van der Waals surface area contributed by atoms with Gasteiger partial charge in [-0.2, -0.15) is 5.10 Å². The van der Waals surface area contributed by atoms with E-state index in [1.807, 2.05) is 6.92 Å². The number of carbonyl (C=O) groups is 2. The van der Waals surface area contributed by atoms with Crippen molar-refractivity contribution in [1.29, 1.82) is 0 Å². The fourth-order valence-electron chi connectivity index (χ4n) is 1.97. The molecule has 1 unspecified atom stereocenters. The van der Waals surface area contributed by atoms with E-state index < -0.39 is 17.9 Å². The number of nitrogens with zero attached hydrogens (tertiary/aromatic N) is 2. The fraction of sp³-hybridized carbons (Fsp3) is 0.538. The lowest BCUT2D eigenvalue weighted by atomic mass is 10.2. The number of rotatable bonds is 6. The van der Waals surface area contributed by atoms with Gasteiger partial charge in [-0.25, -0.2) is 9.48 Å². The summed E-state index contributed by atoms with van der Waals surface area (Å²) in [6.07, 6.45) is 2.33. The summed E-state index contributed by atoms with van der Waals surface area (Å²) in [5, 5.41) is 15.5. The van der Waals surface area contributed by atoms with Crippen molar-refractivity contribution in [2.24, 2.45) is 5.92 Å². The van der Waals surface area contributed by atoms with Gasteiger partial charge in [0.05, 0.1) is 0 Å². The molecule has 0 aromatic carbocycles. The Labute approximate surface area is 115 Å². The van der Waals surface area contributed by atoms with Crippen molar-refractivity contribution < 1.29 is 14.7 Å². The van der Waals surface area contributed by atoms with Crippen molar-refractivity contribution in [2.75, 3.05) is 0 Å². The summed E-state index contributed by atoms with van der Waals surface area (Å²) < 4.78 is 1.21. The standard InChI is InChI=1S/C13H17N3O4/c1-2-7-16-10(17)6-5-9(15-16)12(18)14-11(13(19)20)8-3-4-8/h5-6,8,11H,2-4,7H2,1H3,(H,14,18)(H,19,20). The van der Waals surface area contributed by atoms with E-state index in [1.165, 1.54) is 16.8 Å². The topological polar surface area (TPSA) is 101 Å². The average molecular weight is 279 g/mol. The molecule has 2 N–H and O–H groups in total. The first-order valence-corrected chi connectivity index (χ1v) is 6.64. The van der Waals surface area contributed by atoms with E-state index in [0.29, 0.717) is 6.54 Å². The summed E-state index contributed by atoms with van der Waals surface area (Å²) >= 11 is 0. The number of carboxylic acid groups (broad SMARTS) is 1. The van der Waals surface area contributed by atoms with Crippen LogP contribution in [0.25, 0.3) is 0 Å². The van der Waals surface area contributed by atoms with Crippen LogP contribution in [-0.4, -0.2) is 32.8 Å². The number of nitrogens with one attached hydrogen (secondary N) is 1. The maximum atomic E-state index is 12.0. The molecule has 1 saturated carbocycles. The molecule has 2 rings (SSSR count). The predicted octanol–water partition coefficient (Wildman–Crippen LogP) is 0.246. The molecule has 1 fully saturated rings. The highest BCUT2D eigenvalue weighted by molar-refractivity contribution is 5.94. The molecule has 7 heteroatoms. The molecule has 108 valence electrons. The summed E-state index contributed by atoms with van der Waals surface area (Å²) in [6.45, 7) is 2.32. The van der Waals surface area contributed by atoms with Crippen molar-refractivity contribution >= 4 is 11.9 Å². The van der Waals surface area contributed by atoms with Crippen LogP contribution in [0.2, 0.25) is 0 Å². The zero-order valence-corrected chi connectivity index (χ0v) is 11.2. The molecule has 0 bridgehead atoms. The lowest BCUT2D eigenvalue weighted by Gasteiger charge is -2.13. The molecule has 0 radical (unpaired) electrons. The van der Waals surface area contributed by atoms with E-state index in [9.17, 15) is 14.4 Å². The maximum absolute atomic E-state index is 12.0. The van der Waals surface area contributed by atoms with Crippen molar-refractivity contribution in [3.63, 3.8) is 0 Å². The molecule has 1 aromatic heterocycles. The molecule has 7 nitrogen and oxygen atoms in total. The number of aliphatic carboxylic acids is 1. The molecule has 0 saturated heterocycles. The summed E-state index contributed by atoms with van der Waals surface area (Å²) in [7, 11) is 0. The minimum Gasteiger partial charge on any atom is -0.480 e. The molecule has 1 aliphatic rings. The van der Waals surface area contributed by atoms with Gasteiger partial charge in [-0.15, -0.1) is 0 Å². The normalized spacial score (nSPS) is 15.7. The summed E-state index contributed by atoms with van der Waals surface area (Å²) in [6, 6.07) is 1.70. The van der Waals surface area contributed by atoms with Gasteiger partial charge in [-0.05, 0) is 31.2 Å². The molecule has 0 spiro atoms. The third kappa shape index (κ3) is 3.23. The van der Waals surface area contributed by atoms with E-state index in [1.54, 1.807) is 0 Å². The smallest absolute Gasteiger partial charge is 0.326 e. The van der Waals surface area contributed by atoms with Crippen LogP contribution >= 0.6 is 0 Å². The van der Waals surface area contributed by atoms with Gasteiger partial charge in [0.1, 0.15) is 11.7 Å². The third-order valence-electron chi connectivity index (χ3n) is 3.18. The highest BCUT2D eigenvalue weighted by Gasteiger charge is 2.37. The summed E-state index contributed by atoms with van der Waals surface area (Å²) in [5.41, 5.74) is -0.217. The lowest BCUT2D eigenvalue weighted by molar-refractivity contribution is -0.139. The number of hydrogen-bond acceptors (Lipinski definition) is 4. The molecule has 1 aliphatic carbocycles. The van der Waals surface area contributed by atoms with Gasteiger partial charge >= 0.3 is 5.97 Å². The Morgan fingerprint density at radius 2 is 2.20 bits per heavy atom. The number of amides is 1. The van der Waals surface area contributed by atoms with Gasteiger partial charge in [0.25, 0.3) is 11.5 Å². The molecular weight excluding hydrogens is 262 g/mol. The van der Waals surface area contributed by atoms with Crippen LogP contribution in [0, 0.1) is 5.92 Å². The second kappa shape index (κ2) is 5.85. The maximum Gasteiger partial charge on any atom is 0.326 e. The van der Waals surface area contributed by atoms with Gasteiger partial charge in [0.2, 0.25) is 0 Å². The number of aromatic nitrogens is 2. The molecule has 1 heterocycles. The predicted molar refractivity (Wildman–Crippen MR) is 70.4 cm³/mol. The van der Waals surface area contributed by atoms with Crippen LogP contribution in [0.4, 0.5) is 0 Å². The van der Waals surface area contributed by atoms with Crippen LogP contribution < -0.4 is 10.9 Å². The third-order valence-corrected chi connectivity index (χ3v) is 3.18. The Morgan fingerprint density at radius 1 is 1.50 bits per heavy atom. The minimum absolute atomic E-state index is 0.00185. The largest absolute Gasteiger partial charge is 0.480 e. The van der Waals surface area contributed by atoms with Crippen molar-refractivity contribution in [2.45, 2.75) is 38.8 Å². The van der Waals surface area contributed by atoms with E-state index in [2.05, 4.69) is 10.4 Å². The lowest BCUT2D eigenvalue weighted by Crippen LogP contribution is -2.43. The first kappa shape index (κ1) is 14.2. The quantitative estimate of drug-likeness (QED) is 0.777. The molecule has 20 heavy (non-hydrogen) atoms. The van der Waals surface area contributed by atoms with E-state index >= 15 is 0 Å². The molecule has 1 amide bonds. The highest BCUT2D eigenvalue weighted by atomic mass is 16.4. The minimum atomic E-state index is -1.04. The first-order chi connectivity index (χ1) is 9.52. The summed E-state index contributed by atoms with van der Waals surface area (Å²) in [4.78, 5) is 34.6. The fourth-order valence-corrected chi connectivity index (χ4v) is 1.97. The van der Waals surface area contributed by atoms with Crippen molar-refractivity contribution in [3.05, 3.63) is 28.2 Å². The zero-order chi connectivity index (χ0) is 14.7.